The van der Waals surface area contributed by atoms with E-state index in [0.717, 1.165) is 0 Å². The molecule has 5 nitrogen and oxygen atoms in total. The standard InChI is InChI=1S/C16H13Cl2N3O2S/c17-11-3-1-10(2-4-11)16(23)21-9-24-8-13(21)15(22)20-12-5-6-14(18)19-7-12/h1-7,13H,8-9H2,(H,20,22). The van der Waals surface area contributed by atoms with Crippen molar-refractivity contribution in [3.8, 4) is 0 Å². The normalized spacial score (nSPS) is 16.9. The van der Waals surface area contributed by atoms with Gasteiger partial charge in [0.05, 0.1) is 17.8 Å². The maximum Gasteiger partial charge on any atom is 0.255 e. The third-order valence-electron chi connectivity index (χ3n) is 3.53. The van der Waals surface area contributed by atoms with Gasteiger partial charge in [-0.2, -0.15) is 0 Å². The van der Waals surface area contributed by atoms with Crippen LogP contribution in [0.1, 0.15) is 10.4 Å². The second-order valence-corrected chi connectivity index (χ2v) is 6.98. The number of carbonyl (C=O) groups is 2. The molecule has 1 aromatic carbocycles. The lowest BCUT2D eigenvalue weighted by atomic mass is 10.1. The lowest BCUT2D eigenvalue weighted by Gasteiger charge is -2.23. The zero-order valence-electron chi connectivity index (χ0n) is 12.4. The van der Waals surface area contributed by atoms with Gasteiger partial charge < -0.3 is 10.2 Å². The Bertz CT molecular complexity index is 753. The quantitative estimate of drug-likeness (QED) is 0.825. The Kier molecular flexibility index (Phi) is 5.28. The first-order chi connectivity index (χ1) is 11.5. The van der Waals surface area contributed by atoms with Crippen LogP contribution >= 0.6 is 35.0 Å². The minimum Gasteiger partial charge on any atom is -0.323 e. The molecule has 1 N–H and O–H groups in total. The van der Waals surface area contributed by atoms with Gasteiger partial charge in [-0.1, -0.05) is 23.2 Å². The summed E-state index contributed by atoms with van der Waals surface area (Å²) in [5.41, 5.74) is 1.05. The van der Waals surface area contributed by atoms with Crippen LogP contribution in [-0.4, -0.2) is 39.4 Å². The number of nitrogens with zero attached hydrogens (tertiary/aromatic N) is 2. The first kappa shape index (κ1) is 17.1. The highest BCUT2D eigenvalue weighted by molar-refractivity contribution is 7.99. The van der Waals surface area contributed by atoms with Crippen LogP contribution in [0.25, 0.3) is 0 Å². The van der Waals surface area contributed by atoms with Crippen LogP contribution in [0, 0.1) is 0 Å². The summed E-state index contributed by atoms with van der Waals surface area (Å²) in [4.78, 5) is 30.6. The Labute approximate surface area is 153 Å². The van der Waals surface area contributed by atoms with Crippen molar-refractivity contribution in [2.45, 2.75) is 6.04 Å². The molecule has 3 rings (SSSR count). The van der Waals surface area contributed by atoms with Crippen LogP contribution in [0.2, 0.25) is 10.2 Å². The minimum absolute atomic E-state index is 0.189. The fourth-order valence-corrected chi connectivity index (χ4v) is 3.69. The summed E-state index contributed by atoms with van der Waals surface area (Å²) in [6, 6.07) is 9.36. The predicted octanol–water partition coefficient (Wildman–Crippen LogP) is 3.54. The molecule has 0 aliphatic carbocycles. The largest absolute Gasteiger partial charge is 0.323 e. The maximum atomic E-state index is 12.6. The Hall–Kier alpha value is -1.76. The Morgan fingerprint density at radius 2 is 1.92 bits per heavy atom. The third-order valence-corrected chi connectivity index (χ3v) is 5.02. The number of carbonyl (C=O) groups excluding carboxylic acids is 2. The van der Waals surface area contributed by atoms with E-state index in [-0.39, 0.29) is 11.8 Å². The number of halogens is 2. The molecule has 8 heteroatoms. The molecule has 1 fully saturated rings. The van der Waals surface area contributed by atoms with Gasteiger partial charge in [0.25, 0.3) is 5.91 Å². The molecule has 1 aliphatic heterocycles. The molecule has 0 bridgehead atoms. The van der Waals surface area contributed by atoms with Crippen LogP contribution < -0.4 is 5.32 Å². The molecular weight excluding hydrogens is 369 g/mol. The van der Waals surface area contributed by atoms with Crippen molar-refractivity contribution in [2.24, 2.45) is 0 Å². The molecule has 0 radical (unpaired) electrons. The lowest BCUT2D eigenvalue weighted by Crippen LogP contribution is -2.44. The third kappa shape index (κ3) is 3.83. The number of nitrogens with one attached hydrogen (secondary N) is 1. The van der Waals surface area contributed by atoms with Crippen molar-refractivity contribution in [1.29, 1.82) is 0 Å². The summed E-state index contributed by atoms with van der Waals surface area (Å²) in [6.45, 7) is 0. The molecule has 0 spiro atoms. The zero-order chi connectivity index (χ0) is 17.1. The van der Waals surface area contributed by atoms with Crippen LogP contribution in [0.4, 0.5) is 5.69 Å². The molecule has 2 aromatic rings. The smallest absolute Gasteiger partial charge is 0.255 e. The fraction of sp³-hybridized carbons (Fsp3) is 0.188. The highest BCUT2D eigenvalue weighted by Crippen LogP contribution is 2.25. The first-order valence-electron chi connectivity index (χ1n) is 7.11. The van der Waals surface area contributed by atoms with Gasteiger partial charge in [0.1, 0.15) is 11.2 Å². The molecule has 1 saturated heterocycles. The molecule has 1 atom stereocenters. The summed E-state index contributed by atoms with van der Waals surface area (Å²) in [6.07, 6.45) is 1.48. The molecule has 1 unspecified atom stereocenters. The van der Waals surface area contributed by atoms with E-state index in [1.54, 1.807) is 41.3 Å². The minimum atomic E-state index is -0.533. The fourth-order valence-electron chi connectivity index (χ4n) is 2.29. The molecule has 124 valence electrons. The topological polar surface area (TPSA) is 62.3 Å². The van der Waals surface area contributed by atoms with E-state index in [9.17, 15) is 9.59 Å². The Balaban J connectivity index is 1.72. The van der Waals surface area contributed by atoms with E-state index in [2.05, 4.69) is 10.3 Å². The highest BCUT2D eigenvalue weighted by Gasteiger charge is 2.35. The highest BCUT2D eigenvalue weighted by atomic mass is 35.5. The van der Waals surface area contributed by atoms with Crippen LogP contribution in [0.15, 0.2) is 42.6 Å². The average molecular weight is 382 g/mol. The summed E-state index contributed by atoms with van der Waals surface area (Å²) < 4.78 is 0. The van der Waals surface area contributed by atoms with Gasteiger partial charge in [0.2, 0.25) is 5.91 Å². The van der Waals surface area contributed by atoms with Gasteiger partial charge in [-0.05, 0) is 36.4 Å². The van der Waals surface area contributed by atoms with Gasteiger partial charge in [0, 0.05) is 16.3 Å². The second-order valence-electron chi connectivity index (χ2n) is 5.16. The van der Waals surface area contributed by atoms with E-state index < -0.39 is 6.04 Å². The van der Waals surface area contributed by atoms with E-state index >= 15 is 0 Å². The first-order valence-corrected chi connectivity index (χ1v) is 9.02. The van der Waals surface area contributed by atoms with Gasteiger partial charge >= 0.3 is 0 Å². The summed E-state index contributed by atoms with van der Waals surface area (Å²) in [5, 5.41) is 3.68. The van der Waals surface area contributed by atoms with Crippen molar-refractivity contribution in [3.05, 3.63) is 58.3 Å². The molecule has 1 aliphatic rings. The van der Waals surface area contributed by atoms with Gasteiger partial charge in [-0.25, -0.2) is 4.98 Å². The molecule has 1 aromatic heterocycles. The molecule has 2 heterocycles. The van der Waals surface area contributed by atoms with E-state index in [1.807, 2.05) is 0 Å². The number of thioether (sulfide) groups is 1. The lowest BCUT2D eigenvalue weighted by molar-refractivity contribution is -0.119. The molecular formula is C16H13Cl2N3O2S. The van der Waals surface area contributed by atoms with Gasteiger partial charge in [-0.3, -0.25) is 9.59 Å². The zero-order valence-corrected chi connectivity index (χ0v) is 14.7. The van der Waals surface area contributed by atoms with E-state index in [4.69, 9.17) is 23.2 Å². The van der Waals surface area contributed by atoms with E-state index in [0.29, 0.717) is 33.1 Å². The van der Waals surface area contributed by atoms with Crippen molar-refractivity contribution < 1.29 is 9.59 Å². The van der Waals surface area contributed by atoms with Crippen LogP contribution in [0.5, 0.6) is 0 Å². The SMILES string of the molecule is O=C(Nc1ccc(Cl)nc1)C1CSCN1C(=O)c1ccc(Cl)cc1. The number of rotatable bonds is 3. The maximum absolute atomic E-state index is 12.6. The number of hydrogen-bond donors (Lipinski definition) is 1. The molecule has 0 saturated carbocycles. The van der Waals surface area contributed by atoms with Crippen LogP contribution in [0.3, 0.4) is 0 Å². The van der Waals surface area contributed by atoms with Crippen molar-refractivity contribution >= 4 is 52.5 Å². The van der Waals surface area contributed by atoms with Gasteiger partial charge in [0.15, 0.2) is 0 Å². The molecule has 2 amide bonds. The number of anilines is 1. The Morgan fingerprint density at radius 1 is 1.17 bits per heavy atom. The van der Waals surface area contributed by atoms with Gasteiger partial charge in [-0.15, -0.1) is 11.8 Å². The Morgan fingerprint density at radius 3 is 2.58 bits per heavy atom. The van der Waals surface area contributed by atoms with E-state index in [1.165, 1.54) is 18.0 Å². The number of pyridine rings is 1. The average Bonchev–Trinajstić information content (AvgIpc) is 3.07. The van der Waals surface area contributed by atoms with Crippen molar-refractivity contribution in [1.82, 2.24) is 9.88 Å². The predicted molar refractivity (Wildman–Crippen MR) is 96.6 cm³/mol. The number of hydrogen-bond acceptors (Lipinski definition) is 4. The van der Waals surface area contributed by atoms with Crippen molar-refractivity contribution in [3.63, 3.8) is 0 Å². The summed E-state index contributed by atoms with van der Waals surface area (Å²) in [7, 11) is 0. The monoisotopic (exact) mass is 381 g/mol. The number of aromatic nitrogens is 1. The van der Waals surface area contributed by atoms with Crippen LogP contribution in [-0.2, 0) is 4.79 Å². The summed E-state index contributed by atoms with van der Waals surface area (Å²) >= 11 is 13.1. The number of amides is 2. The molecule has 24 heavy (non-hydrogen) atoms. The second kappa shape index (κ2) is 7.42. The summed E-state index contributed by atoms with van der Waals surface area (Å²) in [5.74, 6) is 0.586. The van der Waals surface area contributed by atoms with Crippen molar-refractivity contribution in [2.75, 3.05) is 16.9 Å². The number of benzene rings is 1.